The van der Waals surface area contributed by atoms with Crippen molar-refractivity contribution < 1.29 is 9.52 Å². The van der Waals surface area contributed by atoms with Crippen LogP contribution in [0.1, 0.15) is 30.0 Å². The van der Waals surface area contributed by atoms with Gasteiger partial charge in [-0.2, -0.15) is 0 Å². The third-order valence-corrected chi connectivity index (χ3v) is 3.22. The zero-order chi connectivity index (χ0) is 12.4. The molecule has 0 aromatic carbocycles. The maximum absolute atomic E-state index is 9.49. The highest BCUT2D eigenvalue weighted by molar-refractivity contribution is 7.99. The summed E-state index contributed by atoms with van der Waals surface area (Å²) in [5.74, 6) is 0.819. The number of hydrogen-bond acceptors (Lipinski definition) is 5. The highest BCUT2D eigenvalue weighted by atomic mass is 32.2. The second-order valence-corrected chi connectivity index (χ2v) is 4.80. The predicted molar refractivity (Wildman–Crippen MR) is 65.0 cm³/mol. The van der Waals surface area contributed by atoms with E-state index in [0.717, 1.165) is 22.0 Å². The lowest BCUT2D eigenvalue weighted by Crippen LogP contribution is -1.92. The van der Waals surface area contributed by atoms with Gasteiger partial charge in [0.2, 0.25) is 0 Å². The van der Waals surface area contributed by atoms with Crippen molar-refractivity contribution in [1.82, 2.24) is 9.97 Å². The third kappa shape index (κ3) is 2.87. The number of rotatable bonds is 3. The molecule has 0 aliphatic carbocycles. The minimum atomic E-state index is -0.495. The van der Waals surface area contributed by atoms with Crippen LogP contribution in [-0.2, 0) is 0 Å². The zero-order valence-electron chi connectivity index (χ0n) is 9.97. The fraction of sp³-hybridized carbons (Fsp3) is 0.333. The van der Waals surface area contributed by atoms with E-state index in [1.165, 1.54) is 11.8 Å². The first-order chi connectivity index (χ1) is 8.06. The largest absolute Gasteiger partial charge is 0.436 e. The lowest BCUT2D eigenvalue weighted by Gasteiger charge is -2.04. The van der Waals surface area contributed by atoms with Crippen molar-refractivity contribution in [3.63, 3.8) is 0 Å². The molecule has 90 valence electrons. The van der Waals surface area contributed by atoms with E-state index >= 15 is 0 Å². The quantitative estimate of drug-likeness (QED) is 0.907. The third-order valence-electron chi connectivity index (χ3n) is 2.44. The Morgan fingerprint density at radius 3 is 2.76 bits per heavy atom. The minimum Gasteiger partial charge on any atom is -0.436 e. The molecule has 0 aliphatic rings. The first kappa shape index (κ1) is 12.1. The molecule has 0 saturated carbocycles. The first-order valence-electron chi connectivity index (χ1n) is 5.32. The Bertz CT molecular complexity index is 503. The number of aliphatic hydroxyl groups excluding tert-OH is 1. The normalized spacial score (nSPS) is 12.7. The van der Waals surface area contributed by atoms with Crippen LogP contribution < -0.4 is 0 Å². The van der Waals surface area contributed by atoms with Crippen LogP contribution >= 0.6 is 11.8 Å². The minimum absolute atomic E-state index is 0.495. The Morgan fingerprint density at radius 2 is 2.18 bits per heavy atom. The molecular weight excluding hydrogens is 236 g/mol. The zero-order valence-corrected chi connectivity index (χ0v) is 10.8. The van der Waals surface area contributed by atoms with Crippen LogP contribution in [0.15, 0.2) is 33.0 Å². The molecule has 0 saturated heterocycles. The molecule has 0 fully saturated rings. The van der Waals surface area contributed by atoms with Crippen LogP contribution in [-0.4, -0.2) is 15.1 Å². The van der Waals surface area contributed by atoms with Gasteiger partial charge >= 0.3 is 0 Å². The van der Waals surface area contributed by atoms with E-state index in [-0.39, 0.29) is 0 Å². The second-order valence-electron chi connectivity index (χ2n) is 3.83. The maximum Gasteiger partial charge on any atom is 0.262 e. The van der Waals surface area contributed by atoms with E-state index in [1.807, 2.05) is 19.9 Å². The average molecular weight is 250 g/mol. The van der Waals surface area contributed by atoms with Crippen LogP contribution in [0.2, 0.25) is 0 Å². The van der Waals surface area contributed by atoms with Gasteiger partial charge in [0.05, 0.1) is 11.8 Å². The Morgan fingerprint density at radius 1 is 1.41 bits per heavy atom. The van der Waals surface area contributed by atoms with Crippen molar-refractivity contribution >= 4 is 11.8 Å². The van der Waals surface area contributed by atoms with Gasteiger partial charge in [0.1, 0.15) is 10.8 Å². The van der Waals surface area contributed by atoms with E-state index in [0.29, 0.717) is 5.22 Å². The van der Waals surface area contributed by atoms with E-state index in [4.69, 9.17) is 4.42 Å². The van der Waals surface area contributed by atoms with Gasteiger partial charge in [-0.1, -0.05) is 0 Å². The molecule has 0 spiro atoms. The smallest absolute Gasteiger partial charge is 0.262 e. The van der Waals surface area contributed by atoms with Crippen LogP contribution in [0.4, 0.5) is 0 Å². The SMILES string of the molecule is Cc1nc(Sc2cc([C@@H](C)O)ccn2)oc1C. The molecule has 2 rings (SSSR count). The van der Waals surface area contributed by atoms with Gasteiger partial charge in [-0.3, -0.25) is 0 Å². The average Bonchev–Trinajstić information content (AvgIpc) is 2.58. The number of hydrogen-bond donors (Lipinski definition) is 1. The summed E-state index contributed by atoms with van der Waals surface area (Å²) >= 11 is 1.35. The highest BCUT2D eigenvalue weighted by Gasteiger charge is 2.09. The van der Waals surface area contributed by atoms with Crippen LogP contribution in [0.5, 0.6) is 0 Å². The van der Waals surface area contributed by atoms with E-state index < -0.39 is 6.10 Å². The molecule has 1 N–H and O–H groups in total. The molecule has 2 aromatic heterocycles. The Labute approximate surface area is 104 Å². The van der Waals surface area contributed by atoms with Gasteiger partial charge in [0.15, 0.2) is 0 Å². The van der Waals surface area contributed by atoms with Crippen molar-refractivity contribution in [3.05, 3.63) is 35.3 Å². The van der Waals surface area contributed by atoms with E-state index in [1.54, 1.807) is 19.2 Å². The highest BCUT2D eigenvalue weighted by Crippen LogP contribution is 2.28. The lowest BCUT2D eigenvalue weighted by atomic mass is 10.2. The topological polar surface area (TPSA) is 59.2 Å². The molecule has 0 amide bonds. The first-order valence-corrected chi connectivity index (χ1v) is 6.14. The number of aliphatic hydroxyl groups is 1. The van der Waals surface area contributed by atoms with Crippen molar-refractivity contribution in [2.24, 2.45) is 0 Å². The molecular formula is C12H14N2O2S. The number of nitrogens with zero attached hydrogens (tertiary/aromatic N) is 2. The van der Waals surface area contributed by atoms with Crippen molar-refractivity contribution in [3.8, 4) is 0 Å². The maximum atomic E-state index is 9.49. The molecule has 0 bridgehead atoms. The van der Waals surface area contributed by atoms with E-state index in [9.17, 15) is 5.11 Å². The van der Waals surface area contributed by atoms with Gasteiger partial charge in [-0.05, 0) is 50.2 Å². The molecule has 2 aromatic rings. The fourth-order valence-electron chi connectivity index (χ4n) is 1.32. The number of oxazole rings is 1. The second kappa shape index (κ2) is 4.89. The molecule has 2 heterocycles. The van der Waals surface area contributed by atoms with Gasteiger partial charge in [-0.15, -0.1) is 0 Å². The number of aryl methyl sites for hydroxylation is 2. The number of aromatic nitrogens is 2. The standard InChI is InChI=1S/C12H14N2O2S/c1-7-9(3)16-12(14-7)17-11-6-10(8(2)15)4-5-13-11/h4-6,8,15H,1-3H3/t8-/m1/s1. The fourth-order valence-corrected chi connectivity index (χ4v) is 2.15. The summed E-state index contributed by atoms with van der Waals surface area (Å²) in [5, 5.41) is 10.8. The van der Waals surface area contributed by atoms with Crippen LogP contribution in [0, 0.1) is 13.8 Å². The van der Waals surface area contributed by atoms with Gasteiger partial charge < -0.3 is 9.52 Å². The monoisotopic (exact) mass is 250 g/mol. The molecule has 0 aliphatic heterocycles. The van der Waals surface area contributed by atoms with E-state index in [2.05, 4.69) is 9.97 Å². The summed E-state index contributed by atoms with van der Waals surface area (Å²) in [6, 6.07) is 3.63. The summed E-state index contributed by atoms with van der Waals surface area (Å²) in [6.07, 6.45) is 1.18. The Kier molecular flexibility index (Phi) is 3.49. The Hall–Kier alpha value is -1.33. The number of pyridine rings is 1. The van der Waals surface area contributed by atoms with Crippen molar-refractivity contribution in [2.45, 2.75) is 37.1 Å². The Balaban J connectivity index is 2.21. The van der Waals surface area contributed by atoms with Gasteiger partial charge in [0.25, 0.3) is 5.22 Å². The molecule has 1 atom stereocenters. The molecule has 17 heavy (non-hydrogen) atoms. The predicted octanol–water partition coefficient (Wildman–Crippen LogP) is 2.89. The van der Waals surface area contributed by atoms with Gasteiger partial charge in [0, 0.05) is 6.20 Å². The summed E-state index contributed by atoms with van der Waals surface area (Å²) < 4.78 is 5.47. The summed E-state index contributed by atoms with van der Waals surface area (Å²) in [6.45, 7) is 5.51. The van der Waals surface area contributed by atoms with Crippen LogP contribution in [0.25, 0.3) is 0 Å². The van der Waals surface area contributed by atoms with Crippen molar-refractivity contribution in [2.75, 3.05) is 0 Å². The van der Waals surface area contributed by atoms with Crippen LogP contribution in [0.3, 0.4) is 0 Å². The lowest BCUT2D eigenvalue weighted by molar-refractivity contribution is 0.199. The molecule has 0 unspecified atom stereocenters. The van der Waals surface area contributed by atoms with Crippen molar-refractivity contribution in [1.29, 1.82) is 0 Å². The summed E-state index contributed by atoms with van der Waals surface area (Å²) in [4.78, 5) is 8.48. The summed E-state index contributed by atoms with van der Waals surface area (Å²) in [5.41, 5.74) is 1.72. The molecule has 0 radical (unpaired) electrons. The molecule has 4 nitrogen and oxygen atoms in total. The molecule has 5 heteroatoms. The van der Waals surface area contributed by atoms with Gasteiger partial charge in [-0.25, -0.2) is 9.97 Å². The summed E-state index contributed by atoms with van der Waals surface area (Å²) in [7, 11) is 0.